The van der Waals surface area contributed by atoms with E-state index in [1.807, 2.05) is 0 Å². The van der Waals surface area contributed by atoms with Gasteiger partial charge in [0.05, 0.1) is 24.0 Å². The molecule has 0 radical (unpaired) electrons. The van der Waals surface area contributed by atoms with Gasteiger partial charge in [-0.15, -0.1) is 0 Å². The summed E-state index contributed by atoms with van der Waals surface area (Å²) < 4.78 is 17.9. The van der Waals surface area contributed by atoms with Crippen molar-refractivity contribution >= 4 is 23.0 Å². The lowest BCUT2D eigenvalue weighted by Gasteiger charge is -2.21. The molecule has 0 aliphatic heterocycles. The molecular formula is C15H15FN2O2. The lowest BCUT2D eigenvalue weighted by Crippen LogP contribution is -2.12. The van der Waals surface area contributed by atoms with Crippen LogP contribution in [0.15, 0.2) is 42.5 Å². The maximum absolute atomic E-state index is 13.2. The Kier molecular flexibility index (Phi) is 3.89. The quantitative estimate of drug-likeness (QED) is 0.690. The summed E-state index contributed by atoms with van der Waals surface area (Å²) in [6, 6.07) is 11.0. The molecular weight excluding hydrogens is 259 g/mol. The molecule has 0 bridgehead atoms. The lowest BCUT2D eigenvalue weighted by molar-refractivity contribution is 0.0601. The highest BCUT2D eigenvalue weighted by atomic mass is 19.1. The third kappa shape index (κ3) is 2.71. The molecule has 0 aromatic heterocycles. The fourth-order valence-electron chi connectivity index (χ4n) is 1.93. The zero-order valence-electron chi connectivity index (χ0n) is 11.3. The van der Waals surface area contributed by atoms with E-state index < -0.39 is 5.97 Å². The molecule has 0 saturated heterocycles. The minimum absolute atomic E-state index is 0.320. The average Bonchev–Trinajstić information content (AvgIpc) is 2.45. The van der Waals surface area contributed by atoms with Gasteiger partial charge in [-0.1, -0.05) is 6.07 Å². The van der Waals surface area contributed by atoms with Crippen LogP contribution in [0.3, 0.4) is 0 Å². The fraction of sp³-hybridized carbons (Fsp3) is 0.133. The van der Waals surface area contributed by atoms with Gasteiger partial charge < -0.3 is 15.4 Å². The zero-order chi connectivity index (χ0) is 14.7. The van der Waals surface area contributed by atoms with E-state index in [0.717, 1.165) is 0 Å². The monoisotopic (exact) mass is 274 g/mol. The van der Waals surface area contributed by atoms with E-state index in [4.69, 9.17) is 5.73 Å². The van der Waals surface area contributed by atoms with Crippen molar-refractivity contribution in [1.29, 1.82) is 0 Å². The summed E-state index contributed by atoms with van der Waals surface area (Å²) in [5, 5.41) is 0. The van der Waals surface area contributed by atoms with Crippen LogP contribution >= 0.6 is 0 Å². The van der Waals surface area contributed by atoms with Crippen molar-refractivity contribution in [2.24, 2.45) is 0 Å². The topological polar surface area (TPSA) is 55.6 Å². The molecule has 0 saturated carbocycles. The summed E-state index contributed by atoms with van der Waals surface area (Å²) in [5.74, 6) is -0.768. The van der Waals surface area contributed by atoms with Crippen LogP contribution in [-0.4, -0.2) is 20.1 Å². The van der Waals surface area contributed by atoms with Gasteiger partial charge in [0, 0.05) is 12.7 Å². The maximum atomic E-state index is 13.2. The largest absolute Gasteiger partial charge is 0.465 e. The van der Waals surface area contributed by atoms with Crippen molar-refractivity contribution < 1.29 is 13.9 Å². The molecule has 20 heavy (non-hydrogen) atoms. The molecule has 2 N–H and O–H groups in total. The second kappa shape index (κ2) is 5.61. The first kappa shape index (κ1) is 13.9. The highest BCUT2D eigenvalue weighted by molar-refractivity contribution is 5.92. The van der Waals surface area contributed by atoms with E-state index in [9.17, 15) is 9.18 Å². The SMILES string of the molecule is COC(=O)c1ccc(N(C)c2cccc(F)c2)c(N)c1. The summed E-state index contributed by atoms with van der Waals surface area (Å²) in [5.41, 5.74) is 8.09. The molecule has 0 atom stereocenters. The Morgan fingerprint density at radius 1 is 1.25 bits per heavy atom. The predicted molar refractivity (Wildman–Crippen MR) is 76.7 cm³/mol. The second-order valence-corrected chi connectivity index (χ2v) is 4.30. The molecule has 0 amide bonds. The third-order valence-corrected chi connectivity index (χ3v) is 3.01. The number of hydrogen-bond donors (Lipinski definition) is 1. The number of ether oxygens (including phenoxy) is 1. The molecule has 2 aromatic carbocycles. The second-order valence-electron chi connectivity index (χ2n) is 4.30. The standard InChI is InChI=1S/C15H15FN2O2/c1-18(12-5-3-4-11(16)9-12)14-7-6-10(8-13(14)17)15(19)20-2/h3-9H,17H2,1-2H3. The van der Waals surface area contributed by atoms with Crippen LogP contribution in [0.4, 0.5) is 21.5 Å². The van der Waals surface area contributed by atoms with Crippen molar-refractivity contribution in [2.45, 2.75) is 0 Å². The molecule has 0 fully saturated rings. The van der Waals surface area contributed by atoms with Crippen LogP contribution in [0.1, 0.15) is 10.4 Å². The minimum atomic E-state index is -0.448. The Morgan fingerprint density at radius 3 is 2.60 bits per heavy atom. The number of hydrogen-bond acceptors (Lipinski definition) is 4. The molecule has 0 spiro atoms. The first-order valence-electron chi connectivity index (χ1n) is 6.00. The number of nitrogens with zero attached hydrogens (tertiary/aromatic N) is 1. The molecule has 0 aliphatic rings. The Bertz CT molecular complexity index is 644. The van der Waals surface area contributed by atoms with Gasteiger partial charge in [0.1, 0.15) is 5.82 Å². The van der Waals surface area contributed by atoms with Gasteiger partial charge in [-0.25, -0.2) is 9.18 Å². The maximum Gasteiger partial charge on any atom is 0.337 e. The van der Waals surface area contributed by atoms with Gasteiger partial charge in [-0.05, 0) is 36.4 Å². The van der Waals surface area contributed by atoms with Crippen molar-refractivity contribution in [3.05, 3.63) is 53.8 Å². The summed E-state index contributed by atoms with van der Waals surface area (Å²) >= 11 is 0. The Morgan fingerprint density at radius 2 is 2.00 bits per heavy atom. The van der Waals surface area contributed by atoms with Crippen molar-refractivity contribution in [3.8, 4) is 0 Å². The summed E-state index contributed by atoms with van der Waals surface area (Å²) in [4.78, 5) is 13.2. The summed E-state index contributed by atoms with van der Waals surface area (Å²) in [6.07, 6.45) is 0. The number of carbonyl (C=O) groups excluding carboxylic acids is 1. The van der Waals surface area contributed by atoms with Crippen LogP contribution in [0.5, 0.6) is 0 Å². The van der Waals surface area contributed by atoms with Crippen LogP contribution in [-0.2, 0) is 4.74 Å². The van der Waals surface area contributed by atoms with Gasteiger partial charge in [0.25, 0.3) is 0 Å². The van der Waals surface area contributed by atoms with Crippen LogP contribution in [0.2, 0.25) is 0 Å². The predicted octanol–water partition coefficient (Wildman–Crippen LogP) is 2.96. The highest BCUT2D eigenvalue weighted by Crippen LogP contribution is 2.30. The number of carbonyl (C=O) groups is 1. The van der Waals surface area contributed by atoms with Gasteiger partial charge >= 0.3 is 5.97 Å². The number of anilines is 3. The first-order valence-corrected chi connectivity index (χ1v) is 6.00. The number of esters is 1. The molecule has 5 heteroatoms. The van der Waals surface area contributed by atoms with Gasteiger partial charge in [0.2, 0.25) is 0 Å². The number of nitrogen functional groups attached to an aromatic ring is 1. The Labute approximate surface area is 116 Å². The first-order chi connectivity index (χ1) is 9.52. The van der Waals surface area contributed by atoms with E-state index in [1.165, 1.54) is 25.3 Å². The molecule has 0 heterocycles. The van der Waals surface area contributed by atoms with Crippen LogP contribution < -0.4 is 10.6 Å². The van der Waals surface area contributed by atoms with Gasteiger partial charge in [-0.2, -0.15) is 0 Å². The van der Waals surface area contributed by atoms with E-state index in [0.29, 0.717) is 22.6 Å². The van der Waals surface area contributed by atoms with Crippen molar-refractivity contribution in [1.82, 2.24) is 0 Å². The third-order valence-electron chi connectivity index (χ3n) is 3.01. The molecule has 0 unspecified atom stereocenters. The van der Waals surface area contributed by atoms with Gasteiger partial charge in [0.15, 0.2) is 0 Å². The van der Waals surface area contributed by atoms with Crippen LogP contribution in [0.25, 0.3) is 0 Å². The molecule has 2 rings (SSSR count). The van der Waals surface area contributed by atoms with E-state index >= 15 is 0 Å². The Hall–Kier alpha value is -2.56. The molecule has 4 nitrogen and oxygen atoms in total. The fourth-order valence-corrected chi connectivity index (χ4v) is 1.93. The highest BCUT2D eigenvalue weighted by Gasteiger charge is 2.12. The number of nitrogens with two attached hydrogens (primary N) is 1. The van der Waals surface area contributed by atoms with Crippen LogP contribution in [0, 0.1) is 5.82 Å². The zero-order valence-corrected chi connectivity index (χ0v) is 11.3. The average molecular weight is 274 g/mol. The number of benzene rings is 2. The number of halogens is 1. The number of methoxy groups -OCH3 is 1. The molecule has 104 valence electrons. The van der Waals surface area contributed by atoms with Gasteiger partial charge in [-0.3, -0.25) is 0 Å². The Balaban J connectivity index is 2.36. The van der Waals surface area contributed by atoms with E-state index in [2.05, 4.69) is 4.74 Å². The minimum Gasteiger partial charge on any atom is -0.465 e. The van der Waals surface area contributed by atoms with Crippen molar-refractivity contribution in [2.75, 3.05) is 24.8 Å². The van der Waals surface area contributed by atoms with E-state index in [-0.39, 0.29) is 5.82 Å². The lowest BCUT2D eigenvalue weighted by atomic mass is 10.1. The normalized spacial score (nSPS) is 10.2. The number of rotatable bonds is 3. The smallest absolute Gasteiger partial charge is 0.337 e. The van der Waals surface area contributed by atoms with E-state index in [1.54, 1.807) is 36.2 Å². The van der Waals surface area contributed by atoms with Crippen molar-refractivity contribution in [3.63, 3.8) is 0 Å². The summed E-state index contributed by atoms with van der Waals surface area (Å²) in [6.45, 7) is 0. The molecule has 2 aromatic rings. The summed E-state index contributed by atoms with van der Waals surface area (Å²) in [7, 11) is 3.09. The molecule has 0 aliphatic carbocycles.